The minimum atomic E-state index is -0.739. The highest BCUT2D eigenvalue weighted by atomic mass is 35.5. The van der Waals surface area contributed by atoms with Gasteiger partial charge in [-0.15, -0.1) is 0 Å². The lowest BCUT2D eigenvalue weighted by molar-refractivity contribution is -0.384. The number of nitro groups is 1. The van der Waals surface area contributed by atoms with Crippen molar-refractivity contribution in [2.45, 2.75) is 12.5 Å². The van der Waals surface area contributed by atoms with Gasteiger partial charge in [0, 0.05) is 19.2 Å². The maximum absolute atomic E-state index is 11.7. The maximum atomic E-state index is 11.7. The fraction of sp³-hybridized carbons (Fsp3) is 0.273. The quantitative estimate of drug-likeness (QED) is 0.514. The van der Waals surface area contributed by atoms with Crippen LogP contribution < -0.4 is 5.32 Å². The number of hydrogen-bond acceptors (Lipinski definition) is 5. The van der Waals surface area contributed by atoms with Crippen molar-refractivity contribution in [2.75, 3.05) is 12.4 Å². The summed E-state index contributed by atoms with van der Waals surface area (Å²) >= 11 is 5.90. The second-order valence-electron chi connectivity index (χ2n) is 4.11. The fourth-order valence-corrected chi connectivity index (χ4v) is 1.97. The molecular weight excluding hydrogens is 274 g/mol. The zero-order chi connectivity index (χ0) is 14.2. The molecule has 0 spiro atoms. The van der Waals surface area contributed by atoms with E-state index in [4.69, 9.17) is 11.6 Å². The summed E-state index contributed by atoms with van der Waals surface area (Å²) in [5.41, 5.74) is 0.120. The number of non-ortho nitro benzene ring substituents is 1. The van der Waals surface area contributed by atoms with Crippen molar-refractivity contribution in [2.24, 2.45) is 0 Å². The van der Waals surface area contributed by atoms with Gasteiger partial charge < -0.3 is 5.32 Å². The minimum absolute atomic E-state index is 0.00829. The average Bonchev–Trinajstić information content (AvgIpc) is 2.59. The Hall–Kier alpha value is -2.15. The van der Waals surface area contributed by atoms with Gasteiger partial charge in [-0.2, -0.15) is 0 Å². The summed E-state index contributed by atoms with van der Waals surface area (Å²) in [4.78, 5) is 34.2. The number of nitrogens with zero attached hydrogens (tertiary/aromatic N) is 2. The van der Waals surface area contributed by atoms with Crippen molar-refractivity contribution >= 4 is 34.8 Å². The standard InChI is InChI=1S/C11H10ClN3O4/c1-14-10(16)5-9(11(14)17)13-8-4-6(15(18)19)2-3-7(8)12/h2-4,9,13H,5H2,1H3. The van der Waals surface area contributed by atoms with E-state index in [2.05, 4.69) is 5.32 Å². The molecule has 1 aliphatic rings. The predicted octanol–water partition coefficient (Wildman–Crippen LogP) is 1.42. The largest absolute Gasteiger partial charge is 0.372 e. The van der Waals surface area contributed by atoms with E-state index in [1.165, 1.54) is 25.2 Å². The van der Waals surface area contributed by atoms with Crippen molar-refractivity contribution < 1.29 is 14.5 Å². The first-order chi connectivity index (χ1) is 8.90. The molecule has 1 N–H and O–H groups in total. The molecule has 1 saturated heterocycles. The van der Waals surface area contributed by atoms with E-state index in [9.17, 15) is 19.7 Å². The van der Waals surface area contributed by atoms with E-state index in [-0.39, 0.29) is 34.6 Å². The Morgan fingerprint density at radius 3 is 2.68 bits per heavy atom. The van der Waals surface area contributed by atoms with Crippen LogP contribution in [0.4, 0.5) is 11.4 Å². The van der Waals surface area contributed by atoms with Crippen LogP contribution >= 0.6 is 11.6 Å². The van der Waals surface area contributed by atoms with Gasteiger partial charge in [-0.05, 0) is 6.07 Å². The summed E-state index contributed by atoms with van der Waals surface area (Å²) in [6, 6.07) is 3.13. The van der Waals surface area contributed by atoms with Crippen LogP contribution in [0.25, 0.3) is 0 Å². The molecule has 1 atom stereocenters. The molecular formula is C11H10ClN3O4. The SMILES string of the molecule is CN1C(=O)CC(Nc2cc([N+](=O)[O-])ccc2Cl)C1=O. The lowest BCUT2D eigenvalue weighted by atomic mass is 10.2. The van der Waals surface area contributed by atoms with Gasteiger partial charge in [0.2, 0.25) is 5.91 Å². The molecule has 0 saturated carbocycles. The number of rotatable bonds is 3. The summed E-state index contributed by atoms with van der Waals surface area (Å²) in [5, 5.41) is 13.7. The van der Waals surface area contributed by atoms with Gasteiger partial charge in [0.05, 0.1) is 22.1 Å². The monoisotopic (exact) mass is 283 g/mol. The van der Waals surface area contributed by atoms with Crippen molar-refractivity contribution in [1.29, 1.82) is 0 Å². The fourth-order valence-electron chi connectivity index (χ4n) is 1.79. The highest BCUT2D eigenvalue weighted by Crippen LogP contribution is 2.28. The van der Waals surface area contributed by atoms with Crippen LogP contribution in [0.15, 0.2) is 18.2 Å². The van der Waals surface area contributed by atoms with Gasteiger partial charge in [0.1, 0.15) is 6.04 Å². The van der Waals surface area contributed by atoms with E-state index < -0.39 is 11.0 Å². The Morgan fingerprint density at radius 1 is 1.47 bits per heavy atom. The normalized spacial score (nSPS) is 18.8. The number of nitro benzene ring substituents is 1. The smallest absolute Gasteiger partial charge is 0.271 e. The molecule has 0 aromatic heterocycles. The first-order valence-electron chi connectivity index (χ1n) is 5.41. The molecule has 0 bridgehead atoms. The molecule has 0 aliphatic carbocycles. The van der Waals surface area contributed by atoms with Crippen molar-refractivity contribution in [3.8, 4) is 0 Å². The van der Waals surface area contributed by atoms with Gasteiger partial charge in [0.25, 0.3) is 11.6 Å². The van der Waals surface area contributed by atoms with Crippen molar-refractivity contribution in [3.05, 3.63) is 33.3 Å². The lowest BCUT2D eigenvalue weighted by Crippen LogP contribution is -2.31. The van der Waals surface area contributed by atoms with Gasteiger partial charge in [-0.1, -0.05) is 11.6 Å². The average molecular weight is 284 g/mol. The minimum Gasteiger partial charge on any atom is -0.372 e. The Morgan fingerprint density at radius 2 is 2.16 bits per heavy atom. The summed E-state index contributed by atoms with van der Waals surface area (Å²) in [6.45, 7) is 0. The molecule has 2 amide bonds. The van der Waals surface area contributed by atoms with Crippen LogP contribution in [0.5, 0.6) is 0 Å². The molecule has 1 aliphatic heterocycles. The topological polar surface area (TPSA) is 92.6 Å². The number of benzene rings is 1. The number of carbonyl (C=O) groups excluding carboxylic acids is 2. The molecule has 1 aromatic rings. The number of nitrogens with one attached hydrogen (secondary N) is 1. The van der Waals surface area contributed by atoms with E-state index in [1.807, 2.05) is 0 Å². The van der Waals surface area contributed by atoms with Crippen molar-refractivity contribution in [1.82, 2.24) is 4.90 Å². The molecule has 7 nitrogen and oxygen atoms in total. The summed E-state index contributed by atoms with van der Waals surface area (Å²) < 4.78 is 0. The Balaban J connectivity index is 2.24. The first kappa shape index (κ1) is 13.3. The molecule has 19 heavy (non-hydrogen) atoms. The highest BCUT2D eigenvalue weighted by molar-refractivity contribution is 6.33. The highest BCUT2D eigenvalue weighted by Gasteiger charge is 2.36. The second kappa shape index (κ2) is 4.85. The van der Waals surface area contributed by atoms with Crippen LogP contribution in [0.3, 0.4) is 0 Å². The molecule has 100 valence electrons. The van der Waals surface area contributed by atoms with E-state index in [0.29, 0.717) is 0 Å². The number of anilines is 1. The molecule has 1 aromatic carbocycles. The Bertz CT molecular complexity index is 575. The Kier molecular flexibility index (Phi) is 3.39. The predicted molar refractivity (Wildman–Crippen MR) is 67.9 cm³/mol. The summed E-state index contributed by atoms with van der Waals surface area (Å²) in [6.07, 6.45) is 0.00829. The number of imide groups is 1. The van der Waals surface area contributed by atoms with Crippen molar-refractivity contribution in [3.63, 3.8) is 0 Å². The third-order valence-electron chi connectivity index (χ3n) is 2.87. The summed E-state index contributed by atoms with van der Waals surface area (Å²) in [7, 11) is 1.39. The molecule has 0 radical (unpaired) electrons. The first-order valence-corrected chi connectivity index (χ1v) is 5.79. The van der Waals surface area contributed by atoms with Crippen LogP contribution in [0.1, 0.15) is 6.42 Å². The molecule has 1 heterocycles. The van der Waals surface area contributed by atoms with Gasteiger partial charge in [-0.3, -0.25) is 24.6 Å². The molecule has 1 fully saturated rings. The number of halogens is 1. The third kappa shape index (κ3) is 2.50. The number of carbonyl (C=O) groups is 2. The zero-order valence-electron chi connectivity index (χ0n) is 9.92. The van der Waals surface area contributed by atoms with Gasteiger partial charge in [-0.25, -0.2) is 0 Å². The number of likely N-dealkylation sites (tertiary alicyclic amines) is 1. The lowest BCUT2D eigenvalue weighted by Gasteiger charge is -2.13. The Labute approximate surface area is 113 Å². The molecule has 8 heteroatoms. The van der Waals surface area contributed by atoms with E-state index >= 15 is 0 Å². The number of hydrogen-bond donors (Lipinski definition) is 1. The van der Waals surface area contributed by atoms with E-state index in [0.717, 1.165) is 4.90 Å². The van der Waals surface area contributed by atoms with Crippen LogP contribution in [-0.2, 0) is 9.59 Å². The maximum Gasteiger partial charge on any atom is 0.271 e. The van der Waals surface area contributed by atoms with Gasteiger partial charge >= 0.3 is 0 Å². The van der Waals surface area contributed by atoms with Crippen LogP contribution in [0.2, 0.25) is 5.02 Å². The number of likely N-dealkylation sites (N-methyl/N-ethyl adjacent to an activating group) is 1. The van der Waals surface area contributed by atoms with Crippen LogP contribution in [-0.4, -0.2) is 34.7 Å². The van der Waals surface area contributed by atoms with Gasteiger partial charge in [0.15, 0.2) is 0 Å². The van der Waals surface area contributed by atoms with E-state index in [1.54, 1.807) is 0 Å². The van der Waals surface area contributed by atoms with Crippen LogP contribution in [0, 0.1) is 10.1 Å². The number of amides is 2. The zero-order valence-corrected chi connectivity index (χ0v) is 10.7. The molecule has 1 unspecified atom stereocenters. The summed E-state index contributed by atoms with van der Waals surface area (Å²) in [5.74, 6) is -0.684. The third-order valence-corrected chi connectivity index (χ3v) is 3.20. The molecule has 2 rings (SSSR count). The second-order valence-corrected chi connectivity index (χ2v) is 4.52.